The molecule has 2 rings (SSSR count). The lowest BCUT2D eigenvalue weighted by Gasteiger charge is -2.12. The third-order valence-electron chi connectivity index (χ3n) is 2.85. The lowest BCUT2D eigenvalue weighted by atomic mass is 9.99. The third-order valence-corrected chi connectivity index (χ3v) is 2.85. The molecular weight excluding hydrogens is 214 g/mol. The van der Waals surface area contributed by atoms with E-state index in [1.54, 1.807) is 0 Å². The van der Waals surface area contributed by atoms with Crippen LogP contribution in [-0.2, 0) is 11.2 Å². The number of nitrogens with one attached hydrogen (secondary N) is 1. The maximum absolute atomic E-state index is 11.1. The Morgan fingerprint density at radius 3 is 2.88 bits per heavy atom. The molecule has 0 unspecified atom stereocenters. The standard InChI is InChI=1S/C14H15NO2/c1-15-13(14(16)17)9-11-7-4-6-10-5-2-3-8-12(10)11/h2-8,13,15H,9H2,1H3,(H,16,17)/t13-/m0/s1/i1D. The number of fused-ring (bicyclic) bond motifs is 1. The number of carbonyl (C=O) groups is 1. The highest BCUT2D eigenvalue weighted by Gasteiger charge is 2.16. The number of hydrogen-bond acceptors (Lipinski definition) is 2. The zero-order valence-corrected chi connectivity index (χ0v) is 9.39. The monoisotopic (exact) mass is 230 g/mol. The Balaban J connectivity index is 2.33. The average molecular weight is 230 g/mol. The first-order valence-corrected chi connectivity index (χ1v) is 5.44. The Kier molecular flexibility index (Phi) is 3.01. The summed E-state index contributed by atoms with van der Waals surface area (Å²) in [7, 11) is -0.0955. The van der Waals surface area contributed by atoms with E-state index in [-0.39, 0.29) is 7.02 Å². The molecule has 88 valence electrons. The number of carboxylic acid groups (broad SMARTS) is 1. The lowest BCUT2D eigenvalue weighted by Crippen LogP contribution is -2.35. The summed E-state index contributed by atoms with van der Waals surface area (Å²) in [6, 6.07) is 13.1. The molecule has 0 aliphatic heterocycles. The van der Waals surface area contributed by atoms with Crippen molar-refractivity contribution in [2.45, 2.75) is 12.5 Å². The molecule has 17 heavy (non-hydrogen) atoms. The van der Waals surface area contributed by atoms with Crippen LogP contribution in [-0.4, -0.2) is 24.1 Å². The van der Waals surface area contributed by atoms with Gasteiger partial charge in [-0.1, -0.05) is 42.5 Å². The summed E-state index contributed by atoms with van der Waals surface area (Å²) in [5, 5.41) is 13.9. The zero-order chi connectivity index (χ0) is 13.0. The van der Waals surface area contributed by atoms with Gasteiger partial charge in [-0.25, -0.2) is 0 Å². The second kappa shape index (κ2) is 4.97. The first kappa shape index (κ1) is 10.3. The fourth-order valence-corrected chi connectivity index (χ4v) is 1.94. The predicted octanol–water partition coefficient (Wildman–Crippen LogP) is 2.05. The number of carboxylic acids is 1. The molecule has 2 aromatic rings. The van der Waals surface area contributed by atoms with E-state index in [1.165, 1.54) is 0 Å². The van der Waals surface area contributed by atoms with Crippen LogP contribution < -0.4 is 5.32 Å². The van der Waals surface area contributed by atoms with Crippen molar-refractivity contribution in [3.8, 4) is 0 Å². The predicted molar refractivity (Wildman–Crippen MR) is 68.1 cm³/mol. The smallest absolute Gasteiger partial charge is 0.321 e. The van der Waals surface area contributed by atoms with Gasteiger partial charge in [0.2, 0.25) is 0 Å². The summed E-state index contributed by atoms with van der Waals surface area (Å²) in [6.07, 6.45) is 0.384. The minimum absolute atomic E-state index is 0.0955. The highest BCUT2D eigenvalue weighted by Crippen LogP contribution is 2.19. The minimum Gasteiger partial charge on any atom is -0.480 e. The molecule has 0 saturated carbocycles. The van der Waals surface area contributed by atoms with Crippen molar-refractivity contribution < 1.29 is 11.3 Å². The largest absolute Gasteiger partial charge is 0.480 e. The summed E-state index contributed by atoms with van der Waals surface area (Å²) in [5.41, 5.74) is 0.987. The molecule has 2 aromatic carbocycles. The molecule has 0 fully saturated rings. The summed E-state index contributed by atoms with van der Waals surface area (Å²) in [5.74, 6) is -0.921. The Morgan fingerprint density at radius 2 is 2.12 bits per heavy atom. The van der Waals surface area contributed by atoms with Gasteiger partial charge in [-0.2, -0.15) is 0 Å². The molecule has 0 heterocycles. The van der Waals surface area contributed by atoms with Crippen LogP contribution in [0.15, 0.2) is 42.5 Å². The molecule has 0 aliphatic carbocycles. The minimum atomic E-state index is -0.921. The van der Waals surface area contributed by atoms with E-state index < -0.39 is 12.0 Å². The quantitative estimate of drug-likeness (QED) is 0.845. The normalized spacial score (nSPS) is 13.3. The van der Waals surface area contributed by atoms with Gasteiger partial charge in [0.05, 0.1) is 0 Å². The Labute approximate surface area is 101 Å². The van der Waals surface area contributed by atoms with Crippen LogP contribution >= 0.6 is 0 Å². The fourth-order valence-electron chi connectivity index (χ4n) is 1.94. The number of benzene rings is 2. The Morgan fingerprint density at radius 1 is 1.35 bits per heavy atom. The molecule has 2 N–H and O–H groups in total. The molecule has 3 nitrogen and oxygen atoms in total. The van der Waals surface area contributed by atoms with Crippen LogP contribution in [0, 0.1) is 0 Å². The molecule has 0 aromatic heterocycles. The van der Waals surface area contributed by atoms with Crippen molar-refractivity contribution in [2.75, 3.05) is 7.02 Å². The zero-order valence-electron chi connectivity index (χ0n) is 10.4. The Bertz CT molecular complexity index is 551. The average Bonchev–Trinajstić information content (AvgIpc) is 2.38. The first-order chi connectivity index (χ1) is 8.72. The van der Waals surface area contributed by atoms with E-state index >= 15 is 0 Å². The molecule has 3 heteroatoms. The van der Waals surface area contributed by atoms with Crippen molar-refractivity contribution in [1.82, 2.24) is 5.32 Å². The van der Waals surface area contributed by atoms with Crippen LogP contribution in [0.1, 0.15) is 6.93 Å². The number of aliphatic carboxylic acids is 1. The Hall–Kier alpha value is -1.87. The van der Waals surface area contributed by atoms with Gasteiger partial charge in [-0.15, -0.1) is 0 Å². The molecule has 0 radical (unpaired) electrons. The number of likely N-dealkylation sites (N-methyl/N-ethyl adjacent to an activating group) is 1. The summed E-state index contributed by atoms with van der Waals surface area (Å²) < 4.78 is 7.08. The van der Waals surface area contributed by atoms with Crippen LogP contribution in [0.4, 0.5) is 0 Å². The van der Waals surface area contributed by atoms with Crippen molar-refractivity contribution >= 4 is 16.7 Å². The summed E-state index contributed by atoms with van der Waals surface area (Å²) >= 11 is 0. The van der Waals surface area contributed by atoms with Gasteiger partial charge in [-0.3, -0.25) is 4.79 Å². The van der Waals surface area contributed by atoms with E-state index in [4.69, 9.17) is 6.48 Å². The van der Waals surface area contributed by atoms with Gasteiger partial charge >= 0.3 is 5.97 Å². The van der Waals surface area contributed by atoms with E-state index in [2.05, 4.69) is 5.32 Å². The van der Waals surface area contributed by atoms with Crippen LogP contribution in [0.2, 0.25) is 0 Å². The van der Waals surface area contributed by atoms with Crippen LogP contribution in [0.5, 0.6) is 0 Å². The first-order valence-electron chi connectivity index (χ1n) is 6.15. The van der Waals surface area contributed by atoms with Crippen molar-refractivity contribution in [2.24, 2.45) is 0 Å². The van der Waals surface area contributed by atoms with E-state index in [1.807, 2.05) is 42.5 Å². The molecule has 0 amide bonds. The summed E-state index contributed by atoms with van der Waals surface area (Å²) in [4.78, 5) is 11.1. The van der Waals surface area contributed by atoms with Gasteiger partial charge in [0.15, 0.2) is 0 Å². The van der Waals surface area contributed by atoms with Gasteiger partial charge < -0.3 is 10.4 Å². The van der Waals surface area contributed by atoms with E-state index in [0.29, 0.717) is 6.42 Å². The highest BCUT2D eigenvalue weighted by atomic mass is 16.4. The van der Waals surface area contributed by atoms with Crippen molar-refractivity contribution in [3.63, 3.8) is 0 Å². The second-order valence-corrected chi connectivity index (χ2v) is 3.94. The summed E-state index contributed by atoms with van der Waals surface area (Å²) in [6.45, 7) is 0. The lowest BCUT2D eigenvalue weighted by molar-refractivity contribution is -0.139. The van der Waals surface area contributed by atoms with Gasteiger partial charge in [-0.05, 0) is 29.8 Å². The van der Waals surface area contributed by atoms with Gasteiger partial charge in [0.25, 0.3) is 0 Å². The van der Waals surface area contributed by atoms with Crippen molar-refractivity contribution in [1.29, 1.82) is 0 Å². The molecular formula is C14H15NO2. The molecule has 0 aliphatic rings. The highest BCUT2D eigenvalue weighted by molar-refractivity contribution is 5.86. The maximum Gasteiger partial charge on any atom is 0.321 e. The molecule has 0 saturated heterocycles. The van der Waals surface area contributed by atoms with Crippen molar-refractivity contribution in [3.05, 3.63) is 48.0 Å². The fraction of sp³-hybridized carbons (Fsp3) is 0.214. The topological polar surface area (TPSA) is 49.3 Å². The van der Waals surface area contributed by atoms with Gasteiger partial charge in [0.1, 0.15) is 6.04 Å². The molecule has 1 atom stereocenters. The molecule has 0 bridgehead atoms. The number of rotatable bonds is 4. The third kappa shape index (κ3) is 2.45. The second-order valence-electron chi connectivity index (χ2n) is 3.94. The van der Waals surface area contributed by atoms with E-state index in [0.717, 1.165) is 16.3 Å². The molecule has 0 spiro atoms. The van der Waals surface area contributed by atoms with Gasteiger partial charge in [0, 0.05) is 1.37 Å². The van der Waals surface area contributed by atoms with Crippen LogP contribution in [0.25, 0.3) is 10.8 Å². The van der Waals surface area contributed by atoms with Crippen LogP contribution in [0.3, 0.4) is 0 Å². The SMILES string of the molecule is [2H]CN[C@@H](Cc1cccc2ccccc12)C(=O)O. The van der Waals surface area contributed by atoms with E-state index in [9.17, 15) is 4.79 Å². The number of hydrogen-bond donors (Lipinski definition) is 2. The maximum atomic E-state index is 11.1.